The zero-order chi connectivity index (χ0) is 23.8. The number of hydrogen-bond donors (Lipinski definition) is 0. The summed E-state index contributed by atoms with van der Waals surface area (Å²) in [5.74, 6) is 0.958. The SMILES string of the molecule is Cn1c(=O)c2c(nc(N3CCC(Cc4ccccc4)CC3)n2Cc2ccc(F)cc2)n(C)c1=O. The van der Waals surface area contributed by atoms with E-state index in [2.05, 4.69) is 29.2 Å². The van der Waals surface area contributed by atoms with Gasteiger partial charge in [-0.3, -0.25) is 18.5 Å². The first-order chi connectivity index (χ1) is 16.4. The predicted octanol–water partition coefficient (Wildman–Crippen LogP) is 3.08. The average Bonchev–Trinajstić information content (AvgIpc) is 3.23. The lowest BCUT2D eigenvalue weighted by atomic mass is 9.90. The summed E-state index contributed by atoms with van der Waals surface area (Å²) < 4.78 is 17.9. The van der Waals surface area contributed by atoms with Crippen LogP contribution in [0.5, 0.6) is 0 Å². The second kappa shape index (κ2) is 8.93. The van der Waals surface area contributed by atoms with Crippen LogP contribution in [0.1, 0.15) is 24.0 Å². The maximum Gasteiger partial charge on any atom is 0.332 e. The number of nitrogens with zero attached hydrogens (tertiary/aromatic N) is 5. The molecule has 0 aliphatic carbocycles. The molecule has 176 valence electrons. The van der Waals surface area contributed by atoms with Crippen LogP contribution in [0.4, 0.5) is 10.3 Å². The molecular weight excluding hydrogens is 433 g/mol. The Morgan fingerprint density at radius 1 is 0.912 bits per heavy atom. The Morgan fingerprint density at radius 2 is 1.59 bits per heavy atom. The monoisotopic (exact) mass is 461 g/mol. The van der Waals surface area contributed by atoms with E-state index in [1.165, 1.54) is 29.3 Å². The summed E-state index contributed by atoms with van der Waals surface area (Å²) in [6.07, 6.45) is 3.09. The molecule has 1 aliphatic heterocycles. The van der Waals surface area contributed by atoms with Crippen molar-refractivity contribution in [3.8, 4) is 0 Å². The maximum absolute atomic E-state index is 13.5. The van der Waals surface area contributed by atoms with Gasteiger partial charge in [-0.2, -0.15) is 4.98 Å². The molecule has 8 heteroatoms. The molecule has 0 saturated carbocycles. The van der Waals surface area contributed by atoms with Gasteiger partial charge in [0, 0.05) is 27.2 Å². The molecular formula is C26H28FN5O2. The third-order valence-corrected chi connectivity index (χ3v) is 6.85. The van der Waals surface area contributed by atoms with E-state index < -0.39 is 5.69 Å². The molecule has 4 aromatic rings. The van der Waals surface area contributed by atoms with Crippen molar-refractivity contribution in [1.29, 1.82) is 0 Å². The lowest BCUT2D eigenvalue weighted by molar-refractivity contribution is 0.399. The largest absolute Gasteiger partial charge is 0.342 e. The third kappa shape index (κ3) is 4.04. The predicted molar refractivity (Wildman–Crippen MR) is 131 cm³/mol. The summed E-state index contributed by atoms with van der Waals surface area (Å²) in [7, 11) is 3.11. The van der Waals surface area contributed by atoms with Crippen LogP contribution < -0.4 is 16.1 Å². The minimum absolute atomic E-state index is 0.307. The highest BCUT2D eigenvalue weighted by atomic mass is 19.1. The molecule has 0 N–H and O–H groups in total. The first-order valence-corrected chi connectivity index (χ1v) is 11.6. The minimum Gasteiger partial charge on any atom is -0.342 e. The van der Waals surface area contributed by atoms with E-state index in [9.17, 15) is 14.0 Å². The fourth-order valence-corrected chi connectivity index (χ4v) is 4.88. The molecule has 3 heterocycles. The lowest BCUT2D eigenvalue weighted by Crippen LogP contribution is -2.38. The molecule has 2 aromatic heterocycles. The van der Waals surface area contributed by atoms with Crippen LogP contribution in [0.25, 0.3) is 11.2 Å². The van der Waals surface area contributed by atoms with Crippen LogP contribution in [-0.2, 0) is 27.1 Å². The van der Waals surface area contributed by atoms with E-state index in [-0.39, 0.29) is 11.4 Å². The summed E-state index contributed by atoms with van der Waals surface area (Å²) in [4.78, 5) is 32.7. The molecule has 1 aliphatic rings. The standard InChI is InChI=1S/C26H28FN5O2/c1-29-23-22(24(33)30(2)26(29)34)32(17-20-8-10-21(27)11-9-20)25(28-23)31-14-12-19(13-15-31)16-18-6-4-3-5-7-18/h3-11,19H,12-17H2,1-2H3. The van der Waals surface area contributed by atoms with Crippen LogP contribution in [0.3, 0.4) is 0 Å². The summed E-state index contributed by atoms with van der Waals surface area (Å²) in [5.41, 5.74) is 2.18. The molecule has 0 radical (unpaired) electrons. The normalized spacial score (nSPS) is 14.7. The van der Waals surface area contributed by atoms with Gasteiger partial charge < -0.3 is 4.90 Å². The highest BCUT2D eigenvalue weighted by Crippen LogP contribution is 2.28. The molecule has 2 aromatic carbocycles. The maximum atomic E-state index is 13.5. The van der Waals surface area contributed by atoms with Gasteiger partial charge in [-0.05, 0) is 48.4 Å². The van der Waals surface area contributed by atoms with E-state index in [0.29, 0.717) is 29.6 Å². The number of rotatable bonds is 5. The zero-order valence-corrected chi connectivity index (χ0v) is 19.4. The van der Waals surface area contributed by atoms with Gasteiger partial charge in [0.25, 0.3) is 5.56 Å². The summed E-state index contributed by atoms with van der Waals surface area (Å²) in [5, 5.41) is 0. The van der Waals surface area contributed by atoms with Crippen molar-refractivity contribution in [2.75, 3.05) is 18.0 Å². The smallest absolute Gasteiger partial charge is 0.332 e. The number of anilines is 1. The topological polar surface area (TPSA) is 65.1 Å². The first-order valence-electron chi connectivity index (χ1n) is 11.6. The van der Waals surface area contributed by atoms with E-state index in [0.717, 1.165) is 42.5 Å². The third-order valence-electron chi connectivity index (χ3n) is 6.85. The molecule has 1 fully saturated rings. The molecule has 1 saturated heterocycles. The van der Waals surface area contributed by atoms with Crippen LogP contribution in [0.15, 0.2) is 64.2 Å². The second-order valence-electron chi connectivity index (χ2n) is 9.12. The van der Waals surface area contributed by atoms with E-state index >= 15 is 0 Å². The van der Waals surface area contributed by atoms with Gasteiger partial charge in [-0.1, -0.05) is 42.5 Å². The Kier molecular flexibility index (Phi) is 5.81. The van der Waals surface area contributed by atoms with E-state index in [1.54, 1.807) is 19.2 Å². The summed E-state index contributed by atoms with van der Waals surface area (Å²) >= 11 is 0. The number of imidazole rings is 1. The summed E-state index contributed by atoms with van der Waals surface area (Å²) in [6.45, 7) is 2.00. The van der Waals surface area contributed by atoms with Crippen molar-refractivity contribution in [2.24, 2.45) is 20.0 Å². The molecule has 0 atom stereocenters. The Hall–Kier alpha value is -3.68. The molecule has 5 rings (SSSR count). The number of benzene rings is 2. The van der Waals surface area contributed by atoms with Gasteiger partial charge in [-0.15, -0.1) is 0 Å². The van der Waals surface area contributed by atoms with Crippen molar-refractivity contribution in [3.05, 3.63) is 92.4 Å². The van der Waals surface area contributed by atoms with Crippen molar-refractivity contribution in [3.63, 3.8) is 0 Å². The molecule has 7 nitrogen and oxygen atoms in total. The number of hydrogen-bond acceptors (Lipinski definition) is 4. The fraction of sp³-hybridized carbons (Fsp3) is 0.346. The van der Waals surface area contributed by atoms with E-state index in [4.69, 9.17) is 4.98 Å². The van der Waals surface area contributed by atoms with Crippen molar-refractivity contribution in [2.45, 2.75) is 25.8 Å². The number of piperidine rings is 1. The number of aromatic nitrogens is 4. The van der Waals surface area contributed by atoms with Gasteiger partial charge >= 0.3 is 5.69 Å². The van der Waals surface area contributed by atoms with Crippen molar-refractivity contribution < 1.29 is 4.39 Å². The Balaban J connectivity index is 1.51. The fourth-order valence-electron chi connectivity index (χ4n) is 4.88. The lowest BCUT2D eigenvalue weighted by Gasteiger charge is -2.33. The van der Waals surface area contributed by atoms with Crippen LogP contribution in [0, 0.1) is 11.7 Å². The van der Waals surface area contributed by atoms with E-state index in [1.807, 2.05) is 10.6 Å². The van der Waals surface area contributed by atoms with Gasteiger partial charge in [0.05, 0.1) is 6.54 Å². The first kappa shape index (κ1) is 22.1. The van der Waals surface area contributed by atoms with Crippen LogP contribution >= 0.6 is 0 Å². The van der Waals surface area contributed by atoms with Gasteiger partial charge in [0.1, 0.15) is 5.82 Å². The highest BCUT2D eigenvalue weighted by Gasteiger charge is 2.26. The number of fused-ring (bicyclic) bond motifs is 1. The van der Waals surface area contributed by atoms with Gasteiger partial charge in [0.2, 0.25) is 5.95 Å². The molecule has 0 amide bonds. The van der Waals surface area contributed by atoms with Crippen molar-refractivity contribution >= 4 is 17.1 Å². The van der Waals surface area contributed by atoms with Crippen LogP contribution in [-0.4, -0.2) is 31.8 Å². The second-order valence-corrected chi connectivity index (χ2v) is 9.12. The molecule has 34 heavy (non-hydrogen) atoms. The Morgan fingerprint density at radius 3 is 2.26 bits per heavy atom. The van der Waals surface area contributed by atoms with Crippen molar-refractivity contribution in [1.82, 2.24) is 18.7 Å². The molecule has 0 spiro atoms. The average molecular weight is 462 g/mol. The highest BCUT2D eigenvalue weighted by molar-refractivity contribution is 5.74. The van der Waals surface area contributed by atoms with Gasteiger partial charge in [-0.25, -0.2) is 9.18 Å². The zero-order valence-electron chi connectivity index (χ0n) is 19.4. The minimum atomic E-state index is -0.406. The van der Waals surface area contributed by atoms with Crippen LogP contribution in [0.2, 0.25) is 0 Å². The summed E-state index contributed by atoms with van der Waals surface area (Å²) in [6, 6.07) is 16.8. The molecule has 0 bridgehead atoms. The quantitative estimate of drug-likeness (QED) is 0.458. The Labute approximate surface area is 196 Å². The Bertz CT molecular complexity index is 1430. The number of aryl methyl sites for hydroxylation is 1. The van der Waals surface area contributed by atoms with Gasteiger partial charge in [0.15, 0.2) is 11.2 Å². The number of halogens is 1. The molecule has 0 unspecified atom stereocenters.